The van der Waals surface area contributed by atoms with Crippen LogP contribution in [0.25, 0.3) is 0 Å². The fourth-order valence-corrected chi connectivity index (χ4v) is 0.261. The fraction of sp³-hybridized carbons (Fsp3) is 0. The van der Waals surface area contributed by atoms with Crippen LogP contribution >= 0.6 is 0 Å². The molecule has 0 aliphatic heterocycles. The van der Waals surface area contributed by atoms with Crippen molar-refractivity contribution in [3.8, 4) is 0 Å². The van der Waals surface area contributed by atoms with Crippen LogP contribution in [0.5, 0.6) is 0 Å². The highest BCUT2D eigenvalue weighted by atomic mass is 17.0. The summed E-state index contributed by atoms with van der Waals surface area (Å²) in [6, 6.07) is 0. The zero-order valence-electron chi connectivity index (χ0n) is 5.92. The van der Waals surface area contributed by atoms with Gasteiger partial charge in [-0.25, -0.2) is 0 Å². The maximum absolute atomic E-state index is 5.08. The van der Waals surface area contributed by atoms with Gasteiger partial charge < -0.3 is 0 Å². The summed E-state index contributed by atoms with van der Waals surface area (Å²) >= 11 is 0. The van der Waals surface area contributed by atoms with E-state index in [4.69, 9.17) is 23.4 Å². The molecule has 0 aliphatic carbocycles. The van der Waals surface area contributed by atoms with Gasteiger partial charge in [-0.2, -0.15) is 0 Å². The van der Waals surface area contributed by atoms with Crippen molar-refractivity contribution in [3.63, 3.8) is 0 Å². The average molecular weight is 164 g/mol. The van der Waals surface area contributed by atoms with Crippen molar-refractivity contribution < 1.29 is 14.9 Å². The Hall–Kier alpha value is -0.940. The van der Waals surface area contributed by atoms with Crippen LogP contribution in [0.3, 0.4) is 0 Å². The Morgan fingerprint density at radius 1 is 0.909 bits per heavy atom. The largest absolute Gasteiger partial charge is 0.145 e. The van der Waals surface area contributed by atoms with Crippen LogP contribution in [0.2, 0.25) is 0 Å². The third kappa shape index (κ3) is 3.69. The van der Waals surface area contributed by atoms with Gasteiger partial charge in [0.2, 0.25) is 0 Å². The maximum Gasteiger partial charge on any atom is 0.145 e. The summed E-state index contributed by atoms with van der Waals surface area (Å²) in [7, 11) is 0. The first-order chi connectivity index (χ1) is 4.83. The van der Waals surface area contributed by atoms with E-state index in [9.17, 15) is 0 Å². The molecule has 8 N–H and O–H groups in total. The molecule has 9 heteroatoms. The van der Waals surface area contributed by atoms with Crippen molar-refractivity contribution in [2.75, 3.05) is 0 Å². The molecule has 0 unspecified atom stereocenters. The molecule has 0 aromatic carbocycles. The molecule has 0 saturated heterocycles. The lowest BCUT2D eigenvalue weighted by molar-refractivity contribution is -1.37. The van der Waals surface area contributed by atoms with E-state index >= 15 is 0 Å². The van der Waals surface area contributed by atoms with Crippen LogP contribution in [-0.4, -0.2) is 23.4 Å². The van der Waals surface area contributed by atoms with Crippen molar-refractivity contribution >= 4 is 13.4 Å². The minimum absolute atomic E-state index is 1.26. The Balaban J connectivity index is 4.23. The van der Waals surface area contributed by atoms with E-state index in [1.165, 1.54) is 0 Å². The first-order valence-electron chi connectivity index (χ1n) is 2.43. The second-order valence-electron chi connectivity index (χ2n) is 1.71. The molecule has 0 rings (SSSR count). The lowest BCUT2D eigenvalue weighted by atomic mass is 11.7. The van der Waals surface area contributed by atoms with Gasteiger partial charge in [-0.1, -0.05) is 23.4 Å². The lowest BCUT2D eigenvalue weighted by Crippen LogP contribution is -2.68. The van der Waals surface area contributed by atoms with Crippen LogP contribution in [0.15, 0.2) is 10.2 Å². The molecule has 0 spiro atoms. The van der Waals surface area contributed by atoms with Gasteiger partial charge in [0.05, 0.1) is 13.4 Å². The Labute approximate surface area is 63.0 Å². The highest BCUT2D eigenvalue weighted by molar-refractivity contribution is 5.21. The molecule has 0 aromatic rings. The monoisotopic (exact) mass is 164 g/mol. The Morgan fingerprint density at radius 3 is 1.36 bits per heavy atom. The number of quaternary nitrogens is 2. The second kappa shape index (κ2) is 2.98. The van der Waals surface area contributed by atoms with Crippen molar-refractivity contribution in [2.24, 2.45) is 33.6 Å². The quantitative estimate of drug-likeness (QED) is 0.154. The van der Waals surface area contributed by atoms with Crippen LogP contribution in [0.4, 0.5) is 0 Å². The summed E-state index contributed by atoms with van der Waals surface area (Å²) in [5.41, 5.74) is 0. The number of hydrogen-bond acceptors (Lipinski definition) is 7. The Bertz CT molecular complexity index is 143. The van der Waals surface area contributed by atoms with Crippen LogP contribution in [0, 0.1) is 0 Å². The van der Waals surface area contributed by atoms with Gasteiger partial charge in [0.1, 0.15) is 14.9 Å². The first-order valence-corrected chi connectivity index (χ1v) is 2.43. The first kappa shape index (κ1) is 10.1. The molecule has 0 aliphatic rings. The van der Waals surface area contributed by atoms with Gasteiger partial charge in [0.15, 0.2) is 0 Å². The van der Waals surface area contributed by atoms with Gasteiger partial charge in [-0.15, -0.1) is 0 Å². The van der Waals surface area contributed by atoms with Crippen LogP contribution in [-0.2, 0) is 4.94 Å². The summed E-state index contributed by atoms with van der Waals surface area (Å²) < 4.78 is 0. The molecular weight excluding hydrogens is 152 g/mol. The third-order valence-electron chi connectivity index (χ3n) is 0.704. The van der Waals surface area contributed by atoms with E-state index < -0.39 is 9.95 Å². The zero-order chi connectivity index (χ0) is 9.12. The summed E-state index contributed by atoms with van der Waals surface area (Å²) in [5.74, 6) is 20.3. The smallest absolute Gasteiger partial charge is 0.0943 e. The van der Waals surface area contributed by atoms with Crippen molar-refractivity contribution in [3.05, 3.63) is 0 Å². The van der Waals surface area contributed by atoms with Crippen LogP contribution < -0.4 is 23.4 Å². The summed E-state index contributed by atoms with van der Waals surface area (Å²) in [6.45, 7) is 6.03. The molecule has 11 heavy (non-hydrogen) atoms. The number of nitrogens with two attached hydrogens (primary N) is 4. The molecule has 0 amide bonds. The van der Waals surface area contributed by atoms with Crippen molar-refractivity contribution in [2.45, 2.75) is 0 Å². The van der Waals surface area contributed by atoms with E-state index in [0.29, 0.717) is 0 Å². The predicted octanol–water partition coefficient (Wildman–Crippen LogP) is -2.81. The molecule has 9 nitrogen and oxygen atoms in total. The molecule has 0 bridgehead atoms. The molecule has 0 fully saturated rings. The van der Waals surface area contributed by atoms with E-state index in [-0.39, 0.29) is 0 Å². The highest BCUT2D eigenvalue weighted by Crippen LogP contribution is 1.97. The molecule has 0 heterocycles. The third-order valence-corrected chi connectivity index (χ3v) is 0.704. The fourth-order valence-electron chi connectivity index (χ4n) is 0.261. The molecular formula is C2H12N8O+2. The summed E-state index contributed by atoms with van der Waals surface area (Å²) in [6.07, 6.45) is 0. The SMILES string of the molecule is C=N[N+](N)(N)O[N+](N)(N)N=C. The minimum atomic E-state index is -1.26. The molecule has 0 radical (unpaired) electrons. The number of hydrogen-bond donors (Lipinski definition) is 4. The van der Waals surface area contributed by atoms with E-state index in [1.54, 1.807) is 0 Å². The molecule has 0 atom stereocenters. The topological polar surface area (TPSA) is 138 Å². The maximum atomic E-state index is 5.08. The highest BCUT2D eigenvalue weighted by Gasteiger charge is 2.35. The van der Waals surface area contributed by atoms with Crippen molar-refractivity contribution in [1.82, 2.24) is 0 Å². The second-order valence-corrected chi connectivity index (χ2v) is 1.71. The van der Waals surface area contributed by atoms with Gasteiger partial charge in [0.25, 0.3) is 0 Å². The van der Waals surface area contributed by atoms with Crippen molar-refractivity contribution in [1.29, 1.82) is 0 Å². The normalized spacial score (nSPS) is 12.7. The zero-order valence-corrected chi connectivity index (χ0v) is 5.92. The van der Waals surface area contributed by atoms with E-state index in [0.717, 1.165) is 0 Å². The average Bonchev–Trinajstić information content (AvgIpc) is 1.86. The molecule has 0 saturated carbocycles. The summed E-state index contributed by atoms with van der Waals surface area (Å²) in [4.78, 5) is 1.94. The standard InChI is InChI=1S/C2H12N8O/c1-7-9(3,4)11-10(5,6)8-2/h1-6H2/q+2. The van der Waals surface area contributed by atoms with Gasteiger partial charge >= 0.3 is 0 Å². The van der Waals surface area contributed by atoms with Gasteiger partial charge in [-0.05, 0) is 10.2 Å². The number of rotatable bonds is 4. The Morgan fingerprint density at radius 2 is 1.18 bits per heavy atom. The Kier molecular flexibility index (Phi) is 2.72. The molecule has 64 valence electrons. The lowest BCUT2D eigenvalue weighted by Gasteiger charge is -2.18. The van der Waals surface area contributed by atoms with E-state index in [2.05, 4.69) is 28.6 Å². The van der Waals surface area contributed by atoms with Gasteiger partial charge in [0, 0.05) is 0 Å². The summed E-state index contributed by atoms with van der Waals surface area (Å²) in [5, 5.41) is 6.22. The van der Waals surface area contributed by atoms with Crippen LogP contribution in [0.1, 0.15) is 0 Å². The minimum Gasteiger partial charge on any atom is -0.0943 e. The van der Waals surface area contributed by atoms with Gasteiger partial charge in [-0.3, -0.25) is 0 Å². The molecule has 0 aromatic heterocycles. The van der Waals surface area contributed by atoms with E-state index in [1.807, 2.05) is 0 Å². The number of nitrogens with zero attached hydrogens (tertiary/aromatic N) is 4. The predicted molar refractivity (Wildman–Crippen MR) is 37.5 cm³/mol.